The van der Waals surface area contributed by atoms with Gasteiger partial charge in [0.1, 0.15) is 20.2 Å². The maximum Gasteiger partial charge on any atom is 0.127 e. The third-order valence-corrected chi connectivity index (χ3v) is 4.48. The van der Waals surface area contributed by atoms with Crippen LogP contribution in [-0.4, -0.2) is 25.9 Å². The van der Waals surface area contributed by atoms with Gasteiger partial charge in [-0.25, -0.2) is 16.8 Å². The van der Waals surface area contributed by atoms with E-state index in [1.165, 1.54) is 18.2 Å². The van der Waals surface area contributed by atoms with Crippen LogP contribution in [0.5, 0.6) is 0 Å². The molecule has 0 aliphatic rings. The molecule has 7 nitrogen and oxygen atoms in total. The van der Waals surface area contributed by atoms with Crippen LogP contribution < -0.4 is 5.73 Å². The first kappa shape index (κ1) is 13.7. The SMILES string of the molecule is Nc1cc2ccccc2c(S(=O)(=O)[O-])c1S(=O)(=O)[O-]. The highest BCUT2D eigenvalue weighted by molar-refractivity contribution is 7.89. The molecule has 0 saturated heterocycles. The molecule has 0 spiro atoms. The summed E-state index contributed by atoms with van der Waals surface area (Å²) in [5.74, 6) is 0. The minimum Gasteiger partial charge on any atom is -0.744 e. The van der Waals surface area contributed by atoms with E-state index in [1.54, 1.807) is 6.07 Å². The summed E-state index contributed by atoms with van der Waals surface area (Å²) in [5.41, 5.74) is 4.82. The van der Waals surface area contributed by atoms with Gasteiger partial charge in [0.15, 0.2) is 0 Å². The van der Waals surface area contributed by atoms with Gasteiger partial charge in [0, 0.05) is 5.39 Å². The van der Waals surface area contributed by atoms with E-state index in [4.69, 9.17) is 5.73 Å². The Bertz CT molecular complexity index is 870. The summed E-state index contributed by atoms with van der Waals surface area (Å²) in [6, 6.07) is 6.77. The Morgan fingerprint density at radius 1 is 0.895 bits per heavy atom. The minimum absolute atomic E-state index is 0.152. The standard InChI is InChI=1S/C10H9NO6S2/c11-8-5-6-3-1-2-4-7(6)9(18(12,13)14)10(8)19(15,16)17/h1-5H,11H2,(H,12,13,14)(H,15,16,17)/p-2. The van der Waals surface area contributed by atoms with Gasteiger partial charge in [0.05, 0.1) is 15.5 Å². The van der Waals surface area contributed by atoms with Gasteiger partial charge in [-0.1, -0.05) is 24.3 Å². The van der Waals surface area contributed by atoms with E-state index in [0.717, 1.165) is 6.07 Å². The number of hydrogen-bond donors (Lipinski definition) is 1. The quantitative estimate of drug-likeness (QED) is 0.618. The molecule has 0 aliphatic carbocycles. The Morgan fingerprint density at radius 3 is 1.95 bits per heavy atom. The molecule has 0 unspecified atom stereocenters. The van der Waals surface area contributed by atoms with Gasteiger partial charge in [0.2, 0.25) is 0 Å². The maximum absolute atomic E-state index is 11.3. The lowest BCUT2D eigenvalue weighted by atomic mass is 10.1. The molecule has 0 fully saturated rings. The Balaban J connectivity index is 3.18. The minimum atomic E-state index is -5.19. The molecular formula is C10H7NO6S2-2. The molecule has 0 amide bonds. The van der Waals surface area contributed by atoms with Crippen LogP contribution in [0, 0.1) is 0 Å². The van der Waals surface area contributed by atoms with Crippen molar-refractivity contribution in [2.24, 2.45) is 0 Å². The number of hydrogen-bond acceptors (Lipinski definition) is 7. The maximum atomic E-state index is 11.3. The second-order valence-electron chi connectivity index (χ2n) is 3.75. The van der Waals surface area contributed by atoms with Crippen molar-refractivity contribution in [1.29, 1.82) is 0 Å². The highest BCUT2D eigenvalue weighted by atomic mass is 32.2. The number of nitrogens with two attached hydrogens (primary N) is 1. The van der Waals surface area contributed by atoms with Crippen molar-refractivity contribution in [2.45, 2.75) is 9.79 Å². The molecule has 0 aliphatic heterocycles. The lowest BCUT2D eigenvalue weighted by Crippen LogP contribution is -2.12. The van der Waals surface area contributed by atoms with E-state index in [9.17, 15) is 25.9 Å². The Morgan fingerprint density at radius 2 is 1.42 bits per heavy atom. The summed E-state index contributed by atoms with van der Waals surface area (Å²) < 4.78 is 67.1. The van der Waals surface area contributed by atoms with Crippen LogP contribution in [0.2, 0.25) is 0 Å². The number of anilines is 1. The second kappa shape index (κ2) is 4.17. The first-order valence-electron chi connectivity index (χ1n) is 4.85. The van der Waals surface area contributed by atoms with Crippen molar-refractivity contribution < 1.29 is 25.9 Å². The molecule has 102 valence electrons. The van der Waals surface area contributed by atoms with Crippen LogP contribution in [-0.2, 0) is 20.2 Å². The Kier molecular flexibility index (Phi) is 3.01. The summed E-state index contributed by atoms with van der Waals surface area (Å²) >= 11 is 0. The molecule has 0 bridgehead atoms. The van der Waals surface area contributed by atoms with Crippen molar-refractivity contribution in [3.63, 3.8) is 0 Å². The molecule has 0 atom stereocenters. The fourth-order valence-electron chi connectivity index (χ4n) is 1.82. The number of benzene rings is 2. The molecule has 0 radical (unpaired) electrons. The number of fused-ring (bicyclic) bond motifs is 1. The van der Waals surface area contributed by atoms with Gasteiger partial charge >= 0.3 is 0 Å². The summed E-state index contributed by atoms with van der Waals surface area (Å²) in [4.78, 5) is -2.29. The highest BCUT2D eigenvalue weighted by Gasteiger charge is 2.21. The van der Waals surface area contributed by atoms with E-state index >= 15 is 0 Å². The Hall–Kier alpha value is -1.68. The molecular weight excluding hydrogens is 294 g/mol. The van der Waals surface area contributed by atoms with Crippen molar-refractivity contribution >= 4 is 36.7 Å². The molecule has 0 saturated carbocycles. The average molecular weight is 301 g/mol. The normalized spacial score (nSPS) is 12.7. The Labute approximate surface area is 109 Å². The zero-order valence-corrected chi connectivity index (χ0v) is 10.9. The van der Waals surface area contributed by atoms with Crippen LogP contribution >= 0.6 is 0 Å². The van der Waals surface area contributed by atoms with Gasteiger partial charge in [-0.05, 0) is 11.5 Å². The fraction of sp³-hybridized carbons (Fsp3) is 0. The smallest absolute Gasteiger partial charge is 0.127 e. The zero-order valence-electron chi connectivity index (χ0n) is 9.23. The summed E-state index contributed by atoms with van der Waals surface area (Å²) in [7, 11) is -10.4. The summed E-state index contributed by atoms with van der Waals surface area (Å²) in [6.07, 6.45) is 0. The van der Waals surface area contributed by atoms with Crippen LogP contribution in [0.25, 0.3) is 10.8 Å². The predicted octanol–water partition coefficient (Wildman–Crippen LogP) is 0.230. The third kappa shape index (κ3) is 2.40. The zero-order chi connectivity index (χ0) is 14.4. The molecule has 2 aromatic rings. The average Bonchev–Trinajstić information content (AvgIpc) is 2.24. The third-order valence-electron chi connectivity index (χ3n) is 2.48. The lowest BCUT2D eigenvalue weighted by Gasteiger charge is -2.19. The summed E-state index contributed by atoms with van der Waals surface area (Å²) in [6.45, 7) is 0. The first-order valence-corrected chi connectivity index (χ1v) is 7.67. The van der Waals surface area contributed by atoms with Crippen LogP contribution in [0.4, 0.5) is 5.69 Å². The van der Waals surface area contributed by atoms with Gasteiger partial charge < -0.3 is 14.8 Å². The lowest BCUT2D eigenvalue weighted by molar-refractivity contribution is 0.448. The fourth-order valence-corrected chi connectivity index (χ4v) is 3.92. The molecule has 19 heavy (non-hydrogen) atoms. The first-order chi connectivity index (χ1) is 8.62. The highest BCUT2D eigenvalue weighted by Crippen LogP contribution is 2.34. The van der Waals surface area contributed by atoms with Crippen LogP contribution in [0.1, 0.15) is 0 Å². The monoisotopic (exact) mass is 301 g/mol. The van der Waals surface area contributed by atoms with Crippen molar-refractivity contribution in [3.8, 4) is 0 Å². The molecule has 2 aromatic carbocycles. The van der Waals surface area contributed by atoms with E-state index < -0.39 is 35.7 Å². The topological polar surface area (TPSA) is 140 Å². The molecule has 0 aromatic heterocycles. The molecule has 2 N–H and O–H groups in total. The van der Waals surface area contributed by atoms with Gasteiger partial charge in [-0.3, -0.25) is 0 Å². The molecule has 2 rings (SSSR count). The van der Waals surface area contributed by atoms with E-state index in [1.807, 2.05) is 0 Å². The molecule has 9 heteroatoms. The van der Waals surface area contributed by atoms with E-state index in [-0.39, 0.29) is 10.8 Å². The number of nitrogen functional groups attached to an aromatic ring is 1. The van der Waals surface area contributed by atoms with Gasteiger partial charge in [-0.2, -0.15) is 0 Å². The predicted molar refractivity (Wildman–Crippen MR) is 64.3 cm³/mol. The largest absolute Gasteiger partial charge is 0.744 e. The van der Waals surface area contributed by atoms with E-state index in [0.29, 0.717) is 0 Å². The van der Waals surface area contributed by atoms with Crippen LogP contribution in [0.3, 0.4) is 0 Å². The van der Waals surface area contributed by atoms with E-state index in [2.05, 4.69) is 0 Å². The van der Waals surface area contributed by atoms with Crippen molar-refractivity contribution in [3.05, 3.63) is 30.3 Å². The second-order valence-corrected chi connectivity index (χ2v) is 6.39. The van der Waals surface area contributed by atoms with Crippen molar-refractivity contribution in [2.75, 3.05) is 5.73 Å². The van der Waals surface area contributed by atoms with Crippen LogP contribution in [0.15, 0.2) is 40.1 Å². The van der Waals surface area contributed by atoms with Crippen molar-refractivity contribution in [1.82, 2.24) is 0 Å². The molecule has 0 heterocycles. The van der Waals surface area contributed by atoms with Gasteiger partial charge in [-0.15, -0.1) is 0 Å². The number of rotatable bonds is 2. The summed E-state index contributed by atoms with van der Waals surface area (Å²) in [5, 5.41) is 0.1000. The van der Waals surface area contributed by atoms with Gasteiger partial charge in [0.25, 0.3) is 0 Å².